The van der Waals surface area contributed by atoms with Crippen LogP contribution in [0.3, 0.4) is 0 Å². The summed E-state index contributed by atoms with van der Waals surface area (Å²) in [6.45, 7) is 6.67. The summed E-state index contributed by atoms with van der Waals surface area (Å²) in [6, 6.07) is 10.4. The number of nitrogens with zero attached hydrogens (tertiary/aromatic N) is 3. The van der Waals surface area contributed by atoms with E-state index in [2.05, 4.69) is 20.1 Å². The number of benzene rings is 1. The Balaban J connectivity index is 0.00000147. The molecule has 0 saturated carbocycles. The molecule has 3 aliphatic heterocycles. The number of aliphatic imine (C=N–C) groups is 1. The van der Waals surface area contributed by atoms with Crippen LogP contribution in [0.4, 0.5) is 5.69 Å². The summed E-state index contributed by atoms with van der Waals surface area (Å²) < 4.78 is 0. The van der Waals surface area contributed by atoms with Gasteiger partial charge in [0.25, 0.3) is 0 Å². The van der Waals surface area contributed by atoms with Gasteiger partial charge in [-0.2, -0.15) is 0 Å². The molecule has 0 spiro atoms. The van der Waals surface area contributed by atoms with Gasteiger partial charge in [-0.3, -0.25) is 14.8 Å². The predicted molar refractivity (Wildman–Crippen MR) is 93.8 cm³/mol. The summed E-state index contributed by atoms with van der Waals surface area (Å²) in [5.74, 6) is 0.504. The smallest absolute Gasteiger partial charge is 0.193 e. The van der Waals surface area contributed by atoms with Crippen molar-refractivity contribution in [1.82, 2.24) is 9.80 Å². The largest absolute Gasteiger partial charge is 0.370 e. The van der Waals surface area contributed by atoms with E-state index < -0.39 is 0 Å². The third-order valence-electron chi connectivity index (χ3n) is 3.91. The van der Waals surface area contributed by atoms with Crippen molar-refractivity contribution in [2.24, 2.45) is 10.7 Å². The number of halogens is 1. The summed E-state index contributed by atoms with van der Waals surface area (Å²) in [6.07, 6.45) is 0. The van der Waals surface area contributed by atoms with E-state index in [1.165, 1.54) is 26.2 Å². The van der Waals surface area contributed by atoms with Crippen LogP contribution < -0.4 is 11.1 Å². The van der Waals surface area contributed by atoms with Crippen LogP contribution in [-0.4, -0.2) is 61.1 Å². The van der Waals surface area contributed by atoms with Gasteiger partial charge in [0.2, 0.25) is 0 Å². The maximum absolute atomic E-state index is 5.93. The number of nitrogens with one attached hydrogen (secondary N) is 1. The number of nitrogens with two attached hydrogens (primary N) is 1. The maximum atomic E-state index is 5.93. The molecule has 0 aliphatic carbocycles. The van der Waals surface area contributed by atoms with Crippen LogP contribution in [0, 0.1) is 0 Å². The molecule has 0 aromatic heterocycles. The minimum absolute atomic E-state index is 0. The number of rotatable bonds is 3. The SMILES string of the molecule is I.NC(=NCC1CN2CCN1CC2)Nc1ccccc1. The second-order valence-corrected chi connectivity index (χ2v) is 5.21. The lowest BCUT2D eigenvalue weighted by atomic mass is 10.1. The number of hydrogen-bond donors (Lipinski definition) is 2. The molecule has 0 radical (unpaired) electrons. The Morgan fingerprint density at radius 2 is 1.90 bits per heavy atom. The van der Waals surface area contributed by atoms with Crippen molar-refractivity contribution in [3.8, 4) is 0 Å². The highest BCUT2D eigenvalue weighted by atomic mass is 127. The van der Waals surface area contributed by atoms with Crippen LogP contribution in [0.2, 0.25) is 0 Å². The predicted octanol–water partition coefficient (Wildman–Crippen LogP) is 1.03. The number of fused-ring (bicyclic) bond motifs is 3. The highest BCUT2D eigenvalue weighted by molar-refractivity contribution is 14.0. The molecule has 0 amide bonds. The van der Waals surface area contributed by atoms with Gasteiger partial charge < -0.3 is 11.1 Å². The second kappa shape index (κ2) is 7.24. The number of guanidine groups is 1. The molecule has 3 fully saturated rings. The number of piperazine rings is 3. The standard InChI is InChI=1S/C14H21N5.HI/c15-14(17-12-4-2-1-3-5-12)16-10-13-11-18-6-8-19(13)9-7-18;/h1-5,13H,6-11H2,(H3,15,16,17);1H. The van der Waals surface area contributed by atoms with Gasteiger partial charge in [0.05, 0.1) is 6.54 Å². The van der Waals surface area contributed by atoms with E-state index in [-0.39, 0.29) is 24.0 Å². The summed E-state index contributed by atoms with van der Waals surface area (Å²) in [7, 11) is 0. The highest BCUT2D eigenvalue weighted by Crippen LogP contribution is 2.15. The zero-order valence-electron chi connectivity index (χ0n) is 11.5. The molecule has 6 heteroatoms. The molecule has 1 unspecified atom stereocenters. The molecule has 2 bridgehead atoms. The van der Waals surface area contributed by atoms with Crippen LogP contribution >= 0.6 is 24.0 Å². The average molecular weight is 387 g/mol. The van der Waals surface area contributed by atoms with Crippen molar-refractivity contribution < 1.29 is 0 Å². The van der Waals surface area contributed by atoms with E-state index in [0.29, 0.717) is 12.0 Å². The average Bonchev–Trinajstić information content (AvgIpc) is 2.47. The zero-order chi connectivity index (χ0) is 13.1. The molecule has 3 N–H and O–H groups in total. The Kier molecular flexibility index (Phi) is 5.62. The Labute approximate surface area is 137 Å². The lowest BCUT2D eigenvalue weighted by Crippen LogP contribution is -2.61. The fraction of sp³-hybridized carbons (Fsp3) is 0.500. The third-order valence-corrected chi connectivity index (χ3v) is 3.91. The lowest BCUT2D eigenvalue weighted by Gasteiger charge is -2.47. The molecular formula is C14H22IN5. The molecule has 20 heavy (non-hydrogen) atoms. The Morgan fingerprint density at radius 3 is 2.50 bits per heavy atom. The second-order valence-electron chi connectivity index (χ2n) is 5.21. The van der Waals surface area contributed by atoms with E-state index in [1.807, 2.05) is 30.3 Å². The van der Waals surface area contributed by atoms with Gasteiger partial charge in [-0.25, -0.2) is 0 Å². The molecule has 3 aliphatic rings. The van der Waals surface area contributed by atoms with Gasteiger partial charge >= 0.3 is 0 Å². The van der Waals surface area contributed by atoms with Gasteiger partial charge in [-0.1, -0.05) is 18.2 Å². The van der Waals surface area contributed by atoms with Crippen molar-refractivity contribution in [3.63, 3.8) is 0 Å². The summed E-state index contributed by atoms with van der Waals surface area (Å²) >= 11 is 0. The Hall–Kier alpha value is -0.860. The van der Waals surface area contributed by atoms with Crippen LogP contribution in [-0.2, 0) is 0 Å². The van der Waals surface area contributed by atoms with Gasteiger partial charge in [-0.15, -0.1) is 24.0 Å². The third kappa shape index (κ3) is 3.83. The molecule has 110 valence electrons. The Morgan fingerprint density at radius 1 is 1.20 bits per heavy atom. The van der Waals surface area contributed by atoms with E-state index in [4.69, 9.17) is 5.73 Å². The minimum atomic E-state index is 0. The van der Waals surface area contributed by atoms with Gasteiger partial charge in [0.15, 0.2) is 5.96 Å². The first-order valence-electron chi connectivity index (χ1n) is 6.90. The summed E-state index contributed by atoms with van der Waals surface area (Å²) in [5.41, 5.74) is 6.91. The van der Waals surface area contributed by atoms with Crippen molar-refractivity contribution in [3.05, 3.63) is 30.3 Å². The zero-order valence-corrected chi connectivity index (χ0v) is 13.9. The molecule has 1 aromatic carbocycles. The van der Waals surface area contributed by atoms with E-state index >= 15 is 0 Å². The van der Waals surface area contributed by atoms with E-state index in [0.717, 1.165) is 18.8 Å². The Bertz CT molecular complexity index is 442. The minimum Gasteiger partial charge on any atom is -0.370 e. The van der Waals surface area contributed by atoms with Crippen LogP contribution in [0.15, 0.2) is 35.3 Å². The molecule has 5 nitrogen and oxygen atoms in total. The number of hydrogen-bond acceptors (Lipinski definition) is 3. The van der Waals surface area contributed by atoms with Crippen molar-refractivity contribution >= 4 is 35.6 Å². The first-order valence-corrected chi connectivity index (χ1v) is 6.90. The van der Waals surface area contributed by atoms with Crippen LogP contribution in [0.5, 0.6) is 0 Å². The van der Waals surface area contributed by atoms with Crippen molar-refractivity contribution in [2.75, 3.05) is 44.6 Å². The maximum Gasteiger partial charge on any atom is 0.193 e. The normalized spacial score (nSPS) is 28.8. The van der Waals surface area contributed by atoms with Gasteiger partial charge in [0, 0.05) is 44.5 Å². The number of para-hydroxylation sites is 1. The van der Waals surface area contributed by atoms with Crippen LogP contribution in [0.1, 0.15) is 0 Å². The summed E-state index contributed by atoms with van der Waals surface area (Å²) in [4.78, 5) is 9.52. The van der Waals surface area contributed by atoms with E-state index in [9.17, 15) is 0 Å². The van der Waals surface area contributed by atoms with Gasteiger partial charge in [-0.05, 0) is 12.1 Å². The number of anilines is 1. The lowest BCUT2D eigenvalue weighted by molar-refractivity contribution is 0.0174. The van der Waals surface area contributed by atoms with E-state index in [1.54, 1.807) is 0 Å². The molecular weight excluding hydrogens is 365 g/mol. The molecule has 3 saturated heterocycles. The quantitative estimate of drug-likeness (QED) is 0.462. The first-order chi connectivity index (χ1) is 9.31. The van der Waals surface area contributed by atoms with Crippen LogP contribution in [0.25, 0.3) is 0 Å². The highest BCUT2D eigenvalue weighted by Gasteiger charge is 2.31. The molecule has 1 atom stereocenters. The van der Waals surface area contributed by atoms with Gasteiger partial charge in [0.1, 0.15) is 0 Å². The van der Waals surface area contributed by atoms with Crippen molar-refractivity contribution in [1.29, 1.82) is 0 Å². The molecule has 4 rings (SSSR count). The first kappa shape index (κ1) is 15.5. The molecule has 1 aromatic rings. The van der Waals surface area contributed by atoms with Crippen molar-refractivity contribution in [2.45, 2.75) is 6.04 Å². The summed E-state index contributed by atoms with van der Waals surface area (Å²) in [5, 5.41) is 3.12. The fourth-order valence-electron chi connectivity index (χ4n) is 2.81. The molecule has 3 heterocycles. The monoisotopic (exact) mass is 387 g/mol. The fourth-order valence-corrected chi connectivity index (χ4v) is 2.81. The topological polar surface area (TPSA) is 56.9 Å².